The second-order valence-electron chi connectivity index (χ2n) is 4.85. The molecule has 1 saturated carbocycles. The van der Waals surface area contributed by atoms with Crippen molar-refractivity contribution in [3.63, 3.8) is 0 Å². The molecule has 0 amide bonds. The van der Waals surface area contributed by atoms with Crippen LogP contribution in [-0.2, 0) is 0 Å². The van der Waals surface area contributed by atoms with Gasteiger partial charge >= 0.3 is 0 Å². The molecule has 2 rings (SSSR count). The van der Waals surface area contributed by atoms with Crippen LogP contribution in [0.4, 0.5) is 8.78 Å². The van der Waals surface area contributed by atoms with Crippen molar-refractivity contribution in [2.45, 2.75) is 44.2 Å². The fraction of sp³-hybridized carbons (Fsp3) is 0.571. The van der Waals surface area contributed by atoms with Crippen LogP contribution >= 0.6 is 0 Å². The molecule has 0 saturated heterocycles. The molecule has 100 valence electrons. The summed E-state index contributed by atoms with van der Waals surface area (Å²) in [5.74, 6) is 0. The maximum absolute atomic E-state index is 12.6. The molecule has 0 heterocycles. The van der Waals surface area contributed by atoms with E-state index in [4.69, 9.17) is 0 Å². The first-order valence-corrected chi connectivity index (χ1v) is 6.45. The van der Waals surface area contributed by atoms with Gasteiger partial charge < -0.3 is 10.4 Å². The Kier molecular flexibility index (Phi) is 4.66. The molecule has 2 N–H and O–H groups in total. The summed E-state index contributed by atoms with van der Waals surface area (Å²) in [5.41, 5.74) is 0.751. The second-order valence-corrected chi connectivity index (χ2v) is 4.85. The molecule has 4 heteroatoms. The number of aliphatic hydroxyl groups excluding tert-OH is 1. The van der Waals surface area contributed by atoms with E-state index >= 15 is 0 Å². The van der Waals surface area contributed by atoms with Gasteiger partial charge in [-0.25, -0.2) is 8.78 Å². The molecule has 1 aromatic rings. The molecular weight excluding hydrogens is 236 g/mol. The molecule has 1 aromatic carbocycles. The average Bonchev–Trinajstić information content (AvgIpc) is 2.89. The van der Waals surface area contributed by atoms with E-state index in [0.29, 0.717) is 6.04 Å². The van der Waals surface area contributed by atoms with Crippen LogP contribution in [0, 0.1) is 0 Å². The quantitative estimate of drug-likeness (QED) is 0.847. The molecule has 1 aliphatic rings. The van der Waals surface area contributed by atoms with Gasteiger partial charge in [-0.3, -0.25) is 0 Å². The number of rotatable bonds is 5. The lowest BCUT2D eigenvalue weighted by atomic mass is 10.0. The van der Waals surface area contributed by atoms with E-state index in [1.165, 1.54) is 25.0 Å². The molecule has 0 spiro atoms. The summed E-state index contributed by atoms with van der Waals surface area (Å²) in [6.07, 6.45) is 2.14. The number of aliphatic hydroxyl groups is 1. The number of hydrogen-bond acceptors (Lipinski definition) is 2. The van der Waals surface area contributed by atoms with Crippen molar-refractivity contribution in [3.05, 3.63) is 35.4 Å². The van der Waals surface area contributed by atoms with E-state index in [1.807, 2.05) is 0 Å². The Morgan fingerprint density at radius 1 is 1.22 bits per heavy atom. The van der Waals surface area contributed by atoms with Crippen LogP contribution in [-0.4, -0.2) is 17.8 Å². The van der Waals surface area contributed by atoms with Crippen LogP contribution in [0.5, 0.6) is 0 Å². The van der Waals surface area contributed by atoms with Crippen molar-refractivity contribution in [3.8, 4) is 0 Å². The Hall–Kier alpha value is -1.00. The van der Waals surface area contributed by atoms with Crippen LogP contribution in [0.3, 0.4) is 0 Å². The highest BCUT2D eigenvalue weighted by atomic mass is 19.3. The van der Waals surface area contributed by atoms with E-state index in [0.717, 1.165) is 18.4 Å². The number of alkyl halides is 2. The fourth-order valence-corrected chi connectivity index (χ4v) is 2.54. The van der Waals surface area contributed by atoms with E-state index in [1.54, 1.807) is 12.1 Å². The highest BCUT2D eigenvalue weighted by molar-refractivity contribution is 5.27. The standard InChI is InChI=1S/C14H19F2NO/c15-14(16)11-5-3-4-10(8-11)13(9-18)17-12-6-1-2-7-12/h3-5,8,12-14,17-18H,1-2,6-7,9H2. The monoisotopic (exact) mass is 255 g/mol. The summed E-state index contributed by atoms with van der Waals surface area (Å²) >= 11 is 0. The van der Waals surface area contributed by atoms with Gasteiger partial charge in [0.25, 0.3) is 6.43 Å². The van der Waals surface area contributed by atoms with Gasteiger partial charge in [0.05, 0.1) is 12.6 Å². The van der Waals surface area contributed by atoms with Crippen LogP contribution in [0.25, 0.3) is 0 Å². The van der Waals surface area contributed by atoms with Crippen LogP contribution < -0.4 is 5.32 Å². The maximum Gasteiger partial charge on any atom is 0.263 e. The zero-order valence-corrected chi connectivity index (χ0v) is 10.3. The molecule has 1 unspecified atom stereocenters. The number of hydrogen-bond donors (Lipinski definition) is 2. The van der Waals surface area contributed by atoms with Gasteiger partial charge in [0.2, 0.25) is 0 Å². The first-order valence-electron chi connectivity index (χ1n) is 6.45. The third-order valence-electron chi connectivity index (χ3n) is 3.54. The minimum Gasteiger partial charge on any atom is -0.394 e. The zero-order valence-electron chi connectivity index (χ0n) is 10.3. The lowest BCUT2D eigenvalue weighted by Gasteiger charge is -2.22. The number of benzene rings is 1. The smallest absolute Gasteiger partial charge is 0.263 e. The van der Waals surface area contributed by atoms with Gasteiger partial charge in [-0.2, -0.15) is 0 Å². The first kappa shape index (κ1) is 13.4. The average molecular weight is 255 g/mol. The van der Waals surface area contributed by atoms with Crippen molar-refractivity contribution in [1.29, 1.82) is 0 Å². The fourth-order valence-electron chi connectivity index (χ4n) is 2.54. The molecule has 1 atom stereocenters. The normalized spacial score (nSPS) is 18.4. The van der Waals surface area contributed by atoms with Gasteiger partial charge in [-0.15, -0.1) is 0 Å². The topological polar surface area (TPSA) is 32.3 Å². The highest BCUT2D eigenvalue weighted by Gasteiger charge is 2.20. The molecule has 0 radical (unpaired) electrons. The van der Waals surface area contributed by atoms with Crippen LogP contribution in [0.1, 0.15) is 49.3 Å². The zero-order chi connectivity index (χ0) is 13.0. The Morgan fingerprint density at radius 3 is 2.50 bits per heavy atom. The van der Waals surface area contributed by atoms with Crippen molar-refractivity contribution >= 4 is 0 Å². The largest absolute Gasteiger partial charge is 0.394 e. The summed E-state index contributed by atoms with van der Waals surface area (Å²) in [5, 5.41) is 12.8. The minimum absolute atomic E-state index is 0.0131. The maximum atomic E-state index is 12.6. The Bertz CT molecular complexity index is 378. The Balaban J connectivity index is 2.08. The number of nitrogens with one attached hydrogen (secondary N) is 1. The summed E-state index contributed by atoms with van der Waals surface area (Å²) in [7, 11) is 0. The van der Waals surface area contributed by atoms with Crippen molar-refractivity contribution in [1.82, 2.24) is 5.32 Å². The second kappa shape index (κ2) is 6.25. The summed E-state index contributed by atoms with van der Waals surface area (Å²) in [6.45, 7) is -0.0663. The highest BCUT2D eigenvalue weighted by Crippen LogP contribution is 2.25. The summed E-state index contributed by atoms with van der Waals surface area (Å²) in [6, 6.07) is 6.46. The molecular formula is C14H19F2NO. The van der Waals surface area contributed by atoms with E-state index in [-0.39, 0.29) is 18.2 Å². The first-order chi connectivity index (χ1) is 8.70. The predicted molar refractivity (Wildman–Crippen MR) is 66.6 cm³/mol. The van der Waals surface area contributed by atoms with Crippen molar-refractivity contribution in [2.24, 2.45) is 0 Å². The van der Waals surface area contributed by atoms with E-state index in [9.17, 15) is 13.9 Å². The van der Waals surface area contributed by atoms with Crippen molar-refractivity contribution in [2.75, 3.05) is 6.61 Å². The van der Waals surface area contributed by atoms with Gasteiger partial charge in [-0.1, -0.05) is 31.0 Å². The third-order valence-corrected chi connectivity index (χ3v) is 3.54. The molecule has 1 fully saturated rings. The lowest BCUT2D eigenvalue weighted by molar-refractivity contribution is 0.151. The molecule has 0 aromatic heterocycles. The van der Waals surface area contributed by atoms with Gasteiger partial charge in [0.15, 0.2) is 0 Å². The van der Waals surface area contributed by atoms with Crippen molar-refractivity contribution < 1.29 is 13.9 Å². The Labute approximate surface area is 106 Å². The SMILES string of the molecule is OCC(NC1CCCC1)c1cccc(C(F)F)c1. The predicted octanol–water partition coefficient (Wildman–Crippen LogP) is 3.19. The minimum atomic E-state index is -2.46. The lowest BCUT2D eigenvalue weighted by Crippen LogP contribution is -2.32. The van der Waals surface area contributed by atoms with Gasteiger partial charge in [-0.05, 0) is 24.5 Å². The summed E-state index contributed by atoms with van der Waals surface area (Å²) in [4.78, 5) is 0. The van der Waals surface area contributed by atoms with E-state index in [2.05, 4.69) is 5.32 Å². The molecule has 0 bridgehead atoms. The molecule has 2 nitrogen and oxygen atoms in total. The van der Waals surface area contributed by atoms with E-state index < -0.39 is 6.43 Å². The third kappa shape index (κ3) is 3.27. The van der Waals surface area contributed by atoms with Crippen LogP contribution in [0.2, 0.25) is 0 Å². The Morgan fingerprint density at radius 2 is 1.89 bits per heavy atom. The summed E-state index contributed by atoms with van der Waals surface area (Å²) < 4.78 is 25.3. The molecule has 18 heavy (non-hydrogen) atoms. The van der Waals surface area contributed by atoms with Gasteiger partial charge in [0.1, 0.15) is 0 Å². The molecule has 0 aliphatic heterocycles. The molecule has 1 aliphatic carbocycles. The number of halogens is 2. The van der Waals surface area contributed by atoms with Gasteiger partial charge in [0, 0.05) is 11.6 Å². The van der Waals surface area contributed by atoms with Crippen LogP contribution in [0.15, 0.2) is 24.3 Å².